The van der Waals surface area contributed by atoms with Gasteiger partial charge in [-0.05, 0) is 13.8 Å². The van der Waals surface area contributed by atoms with Crippen LogP contribution < -0.4 is 0 Å². The number of esters is 2. The summed E-state index contributed by atoms with van der Waals surface area (Å²) in [7, 11) is 0. The predicted molar refractivity (Wildman–Crippen MR) is 73.2 cm³/mol. The maximum atomic E-state index is 11.0. The molecule has 0 aromatic heterocycles. The van der Waals surface area contributed by atoms with Crippen LogP contribution in [0.15, 0.2) is 25.3 Å². The van der Waals surface area contributed by atoms with E-state index in [-0.39, 0.29) is 19.8 Å². The number of hydrogen-bond donors (Lipinski definition) is 0. The minimum absolute atomic E-state index is 0.174. The van der Waals surface area contributed by atoms with Crippen LogP contribution in [0, 0.1) is 0 Å². The molecule has 0 bridgehead atoms. The van der Waals surface area contributed by atoms with Crippen molar-refractivity contribution in [2.45, 2.75) is 19.4 Å². The number of carbonyl (C=O) groups is 2. The molecule has 0 N–H and O–H groups in total. The summed E-state index contributed by atoms with van der Waals surface area (Å²) < 4.78 is 20.3. The molecule has 0 aliphatic rings. The predicted octanol–water partition coefficient (Wildman–Crippen LogP) is 1.26. The monoisotopic (exact) mass is 286 g/mol. The smallest absolute Gasteiger partial charge is 0.330 e. The van der Waals surface area contributed by atoms with Crippen molar-refractivity contribution in [1.82, 2.24) is 0 Å². The third-order valence-electron chi connectivity index (χ3n) is 2.00. The molecule has 0 saturated carbocycles. The molecule has 114 valence electrons. The van der Waals surface area contributed by atoms with Gasteiger partial charge < -0.3 is 18.9 Å². The van der Waals surface area contributed by atoms with Gasteiger partial charge in [0.15, 0.2) is 0 Å². The van der Waals surface area contributed by atoms with Crippen LogP contribution in [0.5, 0.6) is 0 Å². The summed E-state index contributed by atoms with van der Waals surface area (Å²) in [5.74, 6) is -0.963. The molecular formula is C14H22O6. The normalized spacial score (nSPS) is 10.7. The van der Waals surface area contributed by atoms with E-state index in [1.54, 1.807) is 13.8 Å². The molecule has 0 aromatic rings. The lowest BCUT2D eigenvalue weighted by molar-refractivity contribution is -0.156. The van der Waals surface area contributed by atoms with Crippen LogP contribution in [0.1, 0.15) is 13.8 Å². The van der Waals surface area contributed by atoms with Crippen molar-refractivity contribution in [2.75, 3.05) is 33.0 Å². The van der Waals surface area contributed by atoms with Gasteiger partial charge in [-0.25, -0.2) is 9.59 Å². The zero-order valence-electron chi connectivity index (χ0n) is 12.1. The van der Waals surface area contributed by atoms with Crippen molar-refractivity contribution in [3.63, 3.8) is 0 Å². The first kappa shape index (κ1) is 18.3. The van der Waals surface area contributed by atoms with E-state index in [0.717, 1.165) is 12.2 Å². The minimum atomic E-state index is -0.717. The van der Waals surface area contributed by atoms with Crippen LogP contribution in [0.25, 0.3) is 0 Å². The van der Waals surface area contributed by atoms with Gasteiger partial charge in [0.1, 0.15) is 12.2 Å². The Morgan fingerprint density at radius 3 is 2.10 bits per heavy atom. The van der Waals surface area contributed by atoms with Crippen molar-refractivity contribution in [2.24, 2.45) is 0 Å². The largest absolute Gasteiger partial charge is 0.460 e. The highest BCUT2D eigenvalue weighted by atomic mass is 16.6. The Labute approximate surface area is 119 Å². The van der Waals surface area contributed by atoms with Crippen molar-refractivity contribution in [1.29, 1.82) is 0 Å². The van der Waals surface area contributed by atoms with E-state index in [0.29, 0.717) is 13.2 Å². The molecule has 0 aliphatic heterocycles. The van der Waals surface area contributed by atoms with E-state index < -0.39 is 17.5 Å². The van der Waals surface area contributed by atoms with Gasteiger partial charge >= 0.3 is 11.9 Å². The highest BCUT2D eigenvalue weighted by Gasteiger charge is 2.21. The fraction of sp³-hybridized carbons (Fsp3) is 0.571. The van der Waals surface area contributed by atoms with Crippen molar-refractivity contribution in [3.05, 3.63) is 25.3 Å². The fourth-order valence-corrected chi connectivity index (χ4v) is 1.14. The van der Waals surface area contributed by atoms with Gasteiger partial charge in [-0.15, -0.1) is 0 Å². The summed E-state index contributed by atoms with van der Waals surface area (Å²) in [5.41, 5.74) is -0.717. The van der Waals surface area contributed by atoms with E-state index in [9.17, 15) is 9.59 Å². The Morgan fingerprint density at radius 2 is 1.50 bits per heavy atom. The first-order valence-electron chi connectivity index (χ1n) is 6.21. The van der Waals surface area contributed by atoms with Gasteiger partial charge in [0.05, 0.1) is 26.4 Å². The van der Waals surface area contributed by atoms with E-state index in [1.807, 2.05) is 0 Å². The van der Waals surface area contributed by atoms with E-state index in [1.165, 1.54) is 0 Å². The van der Waals surface area contributed by atoms with E-state index in [2.05, 4.69) is 13.2 Å². The molecule has 0 aromatic carbocycles. The highest BCUT2D eigenvalue weighted by molar-refractivity contribution is 5.81. The molecule has 0 unspecified atom stereocenters. The molecule has 0 amide bonds. The molecule has 0 atom stereocenters. The summed E-state index contributed by atoms with van der Waals surface area (Å²) in [6.07, 6.45) is 2.20. The zero-order chi connectivity index (χ0) is 15.4. The van der Waals surface area contributed by atoms with E-state index >= 15 is 0 Å². The molecule has 0 heterocycles. The number of carbonyl (C=O) groups excluding carboxylic acids is 2. The van der Waals surface area contributed by atoms with Crippen molar-refractivity contribution < 1.29 is 28.5 Å². The quantitative estimate of drug-likeness (QED) is 0.323. The molecule has 0 aliphatic carbocycles. The topological polar surface area (TPSA) is 71.1 Å². The maximum absolute atomic E-state index is 11.0. The van der Waals surface area contributed by atoms with Crippen LogP contribution in [0.4, 0.5) is 0 Å². The van der Waals surface area contributed by atoms with Gasteiger partial charge in [0.25, 0.3) is 0 Å². The van der Waals surface area contributed by atoms with Crippen LogP contribution in [0.3, 0.4) is 0 Å². The third kappa shape index (κ3) is 10.3. The zero-order valence-corrected chi connectivity index (χ0v) is 12.1. The molecular weight excluding hydrogens is 264 g/mol. The second-order valence-electron chi connectivity index (χ2n) is 4.42. The van der Waals surface area contributed by atoms with Gasteiger partial charge in [-0.2, -0.15) is 0 Å². The second-order valence-corrected chi connectivity index (χ2v) is 4.42. The van der Waals surface area contributed by atoms with Crippen LogP contribution in [-0.2, 0) is 28.5 Å². The van der Waals surface area contributed by atoms with Crippen LogP contribution in [0.2, 0.25) is 0 Å². The molecule has 6 heteroatoms. The fourth-order valence-electron chi connectivity index (χ4n) is 1.14. The Bertz CT molecular complexity index is 335. The van der Waals surface area contributed by atoms with Gasteiger partial charge in [-0.1, -0.05) is 13.2 Å². The maximum Gasteiger partial charge on any atom is 0.330 e. The van der Waals surface area contributed by atoms with Gasteiger partial charge in [0, 0.05) is 12.2 Å². The first-order chi connectivity index (χ1) is 9.41. The second kappa shape index (κ2) is 10.2. The lowest BCUT2D eigenvalue weighted by atomic mass is 10.1. The molecule has 0 spiro atoms. The lowest BCUT2D eigenvalue weighted by Crippen LogP contribution is -2.33. The Hall–Kier alpha value is -1.66. The summed E-state index contributed by atoms with van der Waals surface area (Å²) in [4.78, 5) is 21.7. The molecule has 6 nitrogen and oxygen atoms in total. The molecule has 0 saturated heterocycles. The van der Waals surface area contributed by atoms with E-state index in [4.69, 9.17) is 18.9 Å². The standard InChI is InChI=1S/C14H22O6/c1-5-12(15)19-10-9-17-7-8-18-11-14(3,4)20-13(16)6-2/h5-6H,1-2,7-11H2,3-4H3. The molecule has 0 rings (SSSR count). The minimum Gasteiger partial charge on any atom is -0.460 e. The molecule has 0 radical (unpaired) electrons. The summed E-state index contributed by atoms with van der Waals surface area (Å²) >= 11 is 0. The number of rotatable bonds is 11. The van der Waals surface area contributed by atoms with Crippen molar-refractivity contribution >= 4 is 11.9 Å². The van der Waals surface area contributed by atoms with Crippen LogP contribution in [-0.4, -0.2) is 50.6 Å². The Kier molecular flexibility index (Phi) is 9.32. The summed E-state index contributed by atoms with van der Waals surface area (Å²) in [6.45, 7) is 11.5. The summed E-state index contributed by atoms with van der Waals surface area (Å²) in [6, 6.07) is 0. The molecule has 20 heavy (non-hydrogen) atoms. The number of hydrogen-bond acceptors (Lipinski definition) is 6. The summed E-state index contributed by atoms with van der Waals surface area (Å²) in [5, 5.41) is 0. The Morgan fingerprint density at radius 1 is 0.950 bits per heavy atom. The first-order valence-corrected chi connectivity index (χ1v) is 6.21. The van der Waals surface area contributed by atoms with Crippen LogP contribution >= 0.6 is 0 Å². The van der Waals surface area contributed by atoms with Crippen molar-refractivity contribution in [3.8, 4) is 0 Å². The van der Waals surface area contributed by atoms with Gasteiger partial charge in [-0.3, -0.25) is 0 Å². The average Bonchev–Trinajstić information content (AvgIpc) is 2.40. The highest BCUT2D eigenvalue weighted by Crippen LogP contribution is 2.10. The average molecular weight is 286 g/mol. The lowest BCUT2D eigenvalue weighted by Gasteiger charge is -2.24. The Balaban J connectivity index is 3.52. The number of ether oxygens (including phenoxy) is 4. The SMILES string of the molecule is C=CC(=O)OCCOCCOCC(C)(C)OC(=O)C=C. The van der Waals surface area contributed by atoms with Gasteiger partial charge in [0.2, 0.25) is 0 Å². The third-order valence-corrected chi connectivity index (χ3v) is 2.00. The molecule has 0 fully saturated rings.